The molecule has 178 valence electrons. The van der Waals surface area contributed by atoms with Crippen molar-refractivity contribution < 1.29 is 19.1 Å². The number of esters is 1. The lowest BCUT2D eigenvalue weighted by Gasteiger charge is -2.08. The second kappa shape index (κ2) is 9.18. The highest BCUT2D eigenvalue weighted by Crippen LogP contribution is 2.26. The fourth-order valence-corrected chi connectivity index (χ4v) is 3.69. The number of carbonyl (C=O) groups excluding carboxylic acids is 2. The van der Waals surface area contributed by atoms with E-state index in [-0.39, 0.29) is 22.7 Å². The van der Waals surface area contributed by atoms with E-state index in [9.17, 15) is 14.4 Å². The summed E-state index contributed by atoms with van der Waals surface area (Å²) in [5, 5.41) is 0. The molecule has 1 amide bonds. The van der Waals surface area contributed by atoms with Gasteiger partial charge in [0, 0.05) is 5.56 Å². The number of carbonyl (C=O) groups is 2. The van der Waals surface area contributed by atoms with Gasteiger partial charge in [0.15, 0.2) is 17.2 Å². The summed E-state index contributed by atoms with van der Waals surface area (Å²) in [6, 6.07) is 22.5. The number of aromatic nitrogens is 4. The normalized spacial score (nSPS) is 10.8. The number of nitrogens with two attached hydrogens (primary N) is 1. The van der Waals surface area contributed by atoms with Crippen LogP contribution in [0.3, 0.4) is 0 Å². The number of benzene rings is 3. The van der Waals surface area contributed by atoms with Gasteiger partial charge in [-0.1, -0.05) is 18.2 Å². The van der Waals surface area contributed by atoms with Gasteiger partial charge in [-0.25, -0.2) is 24.1 Å². The molecule has 3 N–H and O–H groups in total. The highest BCUT2D eigenvalue weighted by molar-refractivity contribution is 6.02. The van der Waals surface area contributed by atoms with Crippen LogP contribution in [-0.2, 0) is 4.74 Å². The van der Waals surface area contributed by atoms with Gasteiger partial charge in [0.25, 0.3) is 5.91 Å². The van der Waals surface area contributed by atoms with Crippen LogP contribution in [0.4, 0.5) is 0 Å². The Morgan fingerprint density at radius 1 is 0.889 bits per heavy atom. The van der Waals surface area contributed by atoms with E-state index in [1.54, 1.807) is 36.4 Å². The second-order valence-corrected chi connectivity index (χ2v) is 7.70. The number of rotatable bonds is 6. The van der Waals surface area contributed by atoms with Crippen LogP contribution in [0.5, 0.6) is 11.5 Å². The number of ether oxygens (including phenoxy) is 2. The molecule has 2 heterocycles. The van der Waals surface area contributed by atoms with E-state index in [1.807, 2.05) is 30.3 Å². The molecule has 3 aromatic carbocycles. The summed E-state index contributed by atoms with van der Waals surface area (Å²) in [5.74, 6) is 0.163. The maximum atomic E-state index is 12.8. The number of hydrogen-bond acceptors (Lipinski definition) is 7. The predicted octanol–water partition coefficient (Wildman–Crippen LogP) is 3.45. The highest BCUT2D eigenvalue weighted by Gasteiger charge is 2.20. The molecule has 0 aliphatic heterocycles. The summed E-state index contributed by atoms with van der Waals surface area (Å²) in [6.45, 7) is 0. The minimum Gasteiger partial charge on any atom is -0.465 e. The van der Waals surface area contributed by atoms with Crippen LogP contribution in [0.15, 0.2) is 83.7 Å². The van der Waals surface area contributed by atoms with Crippen LogP contribution in [0.2, 0.25) is 0 Å². The Labute approximate surface area is 204 Å². The quantitative estimate of drug-likeness (QED) is 0.354. The number of para-hydroxylation sites is 1. The molecule has 10 nitrogen and oxygen atoms in total. The monoisotopic (exact) mass is 481 g/mol. The van der Waals surface area contributed by atoms with Crippen LogP contribution >= 0.6 is 0 Å². The minimum atomic E-state index is -0.817. The zero-order valence-corrected chi connectivity index (χ0v) is 19.0. The van der Waals surface area contributed by atoms with Crippen LogP contribution in [0.25, 0.3) is 28.2 Å². The van der Waals surface area contributed by atoms with E-state index in [2.05, 4.69) is 15.0 Å². The van der Waals surface area contributed by atoms with Gasteiger partial charge in [0.2, 0.25) is 0 Å². The fraction of sp³-hybridized carbons (Fsp3) is 0.0385. The lowest BCUT2D eigenvalue weighted by Crippen LogP contribution is -2.15. The highest BCUT2D eigenvalue weighted by atomic mass is 16.5. The number of fused-ring (bicyclic) bond motifs is 1. The predicted molar refractivity (Wildman–Crippen MR) is 131 cm³/mol. The molecule has 5 rings (SSSR count). The van der Waals surface area contributed by atoms with E-state index in [0.29, 0.717) is 28.3 Å². The molecule has 5 aromatic rings. The Morgan fingerprint density at radius 3 is 2.19 bits per heavy atom. The van der Waals surface area contributed by atoms with Gasteiger partial charge >= 0.3 is 11.7 Å². The summed E-state index contributed by atoms with van der Waals surface area (Å²) in [7, 11) is 1.28. The molecule has 0 atom stereocenters. The molecule has 0 spiro atoms. The molecular weight excluding hydrogens is 462 g/mol. The third-order valence-corrected chi connectivity index (χ3v) is 5.41. The molecule has 0 fully saturated rings. The van der Waals surface area contributed by atoms with Gasteiger partial charge in [0.1, 0.15) is 17.0 Å². The Kier molecular flexibility index (Phi) is 5.75. The smallest absolute Gasteiger partial charge is 0.337 e. The number of amides is 1. The maximum Gasteiger partial charge on any atom is 0.337 e. The second-order valence-electron chi connectivity index (χ2n) is 7.70. The van der Waals surface area contributed by atoms with Crippen molar-refractivity contribution in [2.75, 3.05) is 7.11 Å². The van der Waals surface area contributed by atoms with Gasteiger partial charge in [-0.05, 0) is 60.7 Å². The molecule has 0 aliphatic carbocycles. The first-order chi connectivity index (χ1) is 17.4. The molecule has 0 unspecified atom stereocenters. The van der Waals surface area contributed by atoms with Gasteiger partial charge in [-0.3, -0.25) is 4.79 Å². The molecule has 0 bridgehead atoms. The zero-order valence-electron chi connectivity index (χ0n) is 19.0. The van der Waals surface area contributed by atoms with Gasteiger partial charge in [-0.15, -0.1) is 0 Å². The number of methoxy groups -OCH3 is 1. The van der Waals surface area contributed by atoms with Crippen molar-refractivity contribution >= 4 is 23.0 Å². The molecule has 36 heavy (non-hydrogen) atoms. The summed E-state index contributed by atoms with van der Waals surface area (Å²) >= 11 is 0. The molecule has 2 aromatic heterocycles. The molecule has 0 aliphatic rings. The van der Waals surface area contributed by atoms with E-state index in [4.69, 9.17) is 15.2 Å². The van der Waals surface area contributed by atoms with E-state index in [0.717, 1.165) is 0 Å². The number of imidazole rings is 1. The fourth-order valence-electron chi connectivity index (χ4n) is 3.69. The van der Waals surface area contributed by atoms with Crippen molar-refractivity contribution in [3.8, 4) is 28.6 Å². The van der Waals surface area contributed by atoms with Crippen LogP contribution in [-0.4, -0.2) is 38.5 Å². The van der Waals surface area contributed by atoms with Gasteiger partial charge in [0.05, 0.1) is 18.4 Å². The van der Waals surface area contributed by atoms with Crippen LogP contribution in [0, 0.1) is 0 Å². The first kappa shape index (κ1) is 22.5. The van der Waals surface area contributed by atoms with Crippen molar-refractivity contribution in [1.29, 1.82) is 0 Å². The van der Waals surface area contributed by atoms with E-state index >= 15 is 0 Å². The number of aromatic amines is 1. The van der Waals surface area contributed by atoms with E-state index < -0.39 is 17.6 Å². The SMILES string of the molecule is COC(=O)c1ccc(-n2c(=O)[nH]c3c(C(N)=O)nc(-c4ccc(Oc5ccccc5)cc4)nc32)cc1. The van der Waals surface area contributed by atoms with Crippen molar-refractivity contribution in [1.82, 2.24) is 19.5 Å². The zero-order chi connectivity index (χ0) is 25.2. The molecule has 0 radical (unpaired) electrons. The average molecular weight is 481 g/mol. The molecule has 0 saturated heterocycles. The Balaban J connectivity index is 1.58. The number of primary amides is 1. The lowest BCUT2D eigenvalue weighted by atomic mass is 10.2. The van der Waals surface area contributed by atoms with Crippen LogP contribution < -0.4 is 16.2 Å². The van der Waals surface area contributed by atoms with Gasteiger partial charge < -0.3 is 20.2 Å². The van der Waals surface area contributed by atoms with Gasteiger partial charge in [-0.2, -0.15) is 0 Å². The van der Waals surface area contributed by atoms with Crippen LogP contribution in [0.1, 0.15) is 20.8 Å². The summed E-state index contributed by atoms with van der Waals surface area (Å²) < 4.78 is 11.8. The molecule has 0 saturated carbocycles. The van der Waals surface area contributed by atoms with Crippen molar-refractivity contribution in [2.45, 2.75) is 0 Å². The number of nitrogens with one attached hydrogen (secondary N) is 1. The van der Waals surface area contributed by atoms with Crippen molar-refractivity contribution in [3.63, 3.8) is 0 Å². The third-order valence-electron chi connectivity index (χ3n) is 5.41. The topological polar surface area (TPSA) is 142 Å². The Morgan fingerprint density at radius 2 is 1.56 bits per heavy atom. The Hall–Kier alpha value is -5.25. The first-order valence-electron chi connectivity index (χ1n) is 10.8. The Bertz CT molecular complexity index is 1640. The standard InChI is InChI=1S/C26H19N5O5/c1-35-25(33)16-7-11-17(12-8-16)31-24-21(29-26(31)34)20(22(27)32)28-23(30-24)15-9-13-19(14-10-15)36-18-5-3-2-4-6-18/h2-14H,1H3,(H2,27,32)(H,29,34). The van der Waals surface area contributed by atoms with E-state index in [1.165, 1.54) is 23.8 Å². The summed E-state index contributed by atoms with van der Waals surface area (Å²) in [6.07, 6.45) is 0. The maximum absolute atomic E-state index is 12.8. The summed E-state index contributed by atoms with van der Waals surface area (Å²) in [5.41, 5.74) is 6.50. The van der Waals surface area contributed by atoms with Crippen molar-refractivity contribution in [2.24, 2.45) is 5.73 Å². The minimum absolute atomic E-state index is 0.109. The largest absolute Gasteiger partial charge is 0.465 e. The number of hydrogen-bond donors (Lipinski definition) is 2. The number of H-pyrrole nitrogens is 1. The summed E-state index contributed by atoms with van der Waals surface area (Å²) in [4.78, 5) is 48.3. The van der Waals surface area contributed by atoms with Crippen molar-refractivity contribution in [3.05, 3.63) is 101 Å². The lowest BCUT2D eigenvalue weighted by molar-refractivity contribution is 0.0600. The first-order valence-corrected chi connectivity index (χ1v) is 10.8. The number of nitrogens with zero attached hydrogens (tertiary/aromatic N) is 3. The molecule has 10 heteroatoms. The molecular formula is C26H19N5O5. The third kappa shape index (κ3) is 4.18. The average Bonchev–Trinajstić information content (AvgIpc) is 3.24.